The van der Waals surface area contributed by atoms with E-state index in [1.54, 1.807) is 0 Å². The number of hydrogen-bond acceptors (Lipinski definition) is 2. The number of halogens is 5. The second-order valence-corrected chi connectivity index (χ2v) is 6.23. The van der Waals surface area contributed by atoms with Gasteiger partial charge in [0.2, 0.25) is 0 Å². The van der Waals surface area contributed by atoms with E-state index in [0.29, 0.717) is 4.48 Å². The largest absolute Gasteiger partial charge is 0.506 e. The van der Waals surface area contributed by atoms with Gasteiger partial charge in [-0.25, -0.2) is 4.39 Å². The minimum absolute atomic E-state index is 0.0296. The van der Waals surface area contributed by atoms with Crippen molar-refractivity contribution in [2.24, 2.45) is 0 Å². The minimum Gasteiger partial charge on any atom is -0.506 e. The van der Waals surface area contributed by atoms with Crippen molar-refractivity contribution in [2.75, 3.05) is 0 Å². The van der Waals surface area contributed by atoms with Crippen LogP contribution in [-0.2, 0) is 0 Å². The number of rotatable bonds is 2. The molecule has 1 N–H and O–H groups in total. The summed E-state index contributed by atoms with van der Waals surface area (Å²) in [6.45, 7) is 0. The average Bonchev–Trinajstić information content (AvgIpc) is 2.61. The molecule has 7 heteroatoms. The number of allylic oxidation sites excluding steroid dienone is 4. The molecule has 0 fully saturated rings. The van der Waals surface area contributed by atoms with E-state index in [0.717, 1.165) is 0 Å². The maximum Gasteiger partial charge on any atom is 0.194 e. The molecule has 0 unspecified atom stereocenters. The molecule has 0 spiro atoms. The SMILES string of the molecule is O=C(C1=C(Br)C(Br)=C(F)C1)c1cc(Cl)cc(Cl)c1O. The Morgan fingerprint density at radius 1 is 1.26 bits per heavy atom. The van der Waals surface area contributed by atoms with Gasteiger partial charge in [-0.05, 0) is 44.0 Å². The summed E-state index contributed by atoms with van der Waals surface area (Å²) in [5, 5.41) is 9.99. The van der Waals surface area contributed by atoms with E-state index < -0.39 is 11.6 Å². The lowest BCUT2D eigenvalue weighted by Gasteiger charge is -2.07. The van der Waals surface area contributed by atoms with Gasteiger partial charge in [-0.15, -0.1) is 0 Å². The van der Waals surface area contributed by atoms with E-state index >= 15 is 0 Å². The highest BCUT2D eigenvalue weighted by Gasteiger charge is 2.29. The van der Waals surface area contributed by atoms with Crippen LogP contribution in [0.4, 0.5) is 4.39 Å². The Labute approximate surface area is 135 Å². The number of ketones is 1. The van der Waals surface area contributed by atoms with Gasteiger partial charge in [-0.3, -0.25) is 4.79 Å². The van der Waals surface area contributed by atoms with Crippen molar-refractivity contribution in [1.82, 2.24) is 0 Å². The Balaban J connectivity index is 2.49. The van der Waals surface area contributed by atoms with Crippen LogP contribution in [0.5, 0.6) is 5.75 Å². The molecule has 0 saturated carbocycles. The molecule has 0 aliphatic heterocycles. The van der Waals surface area contributed by atoms with Gasteiger partial charge in [0, 0.05) is 21.5 Å². The molecule has 1 aromatic rings. The number of aromatic hydroxyl groups is 1. The average molecular weight is 431 g/mol. The Morgan fingerprint density at radius 3 is 2.42 bits per heavy atom. The van der Waals surface area contributed by atoms with Crippen molar-refractivity contribution >= 4 is 60.8 Å². The first-order valence-electron chi connectivity index (χ1n) is 4.98. The maximum absolute atomic E-state index is 13.4. The fourth-order valence-electron chi connectivity index (χ4n) is 1.64. The third-order valence-corrected chi connectivity index (χ3v) is 5.31. The van der Waals surface area contributed by atoms with Crippen LogP contribution in [-0.4, -0.2) is 10.9 Å². The van der Waals surface area contributed by atoms with Gasteiger partial charge in [-0.2, -0.15) is 0 Å². The molecular weight excluding hydrogens is 426 g/mol. The normalized spacial score (nSPS) is 15.4. The first-order chi connectivity index (χ1) is 8.82. The summed E-state index contributed by atoms with van der Waals surface area (Å²) in [6.07, 6.45) is -0.149. The molecule has 1 aliphatic rings. The highest BCUT2D eigenvalue weighted by atomic mass is 79.9. The van der Waals surface area contributed by atoms with Gasteiger partial charge in [-0.1, -0.05) is 23.2 Å². The molecule has 19 heavy (non-hydrogen) atoms. The summed E-state index contributed by atoms with van der Waals surface area (Å²) < 4.78 is 14.0. The van der Waals surface area contributed by atoms with E-state index in [-0.39, 0.29) is 37.8 Å². The van der Waals surface area contributed by atoms with E-state index in [1.807, 2.05) is 0 Å². The monoisotopic (exact) mass is 428 g/mol. The number of Topliss-reactive ketones (excluding diaryl/α,β-unsaturated/α-hetero) is 1. The van der Waals surface area contributed by atoms with Gasteiger partial charge in [0.1, 0.15) is 11.6 Å². The first-order valence-corrected chi connectivity index (χ1v) is 7.33. The maximum atomic E-state index is 13.4. The Bertz CT molecular complexity index is 653. The van der Waals surface area contributed by atoms with Crippen molar-refractivity contribution in [3.05, 3.63) is 48.1 Å². The van der Waals surface area contributed by atoms with Crippen LogP contribution < -0.4 is 0 Å². The molecular formula is C12H5Br2Cl2FO2. The van der Waals surface area contributed by atoms with Gasteiger partial charge in [0.05, 0.1) is 15.1 Å². The summed E-state index contributed by atoms with van der Waals surface area (Å²) in [7, 11) is 0. The summed E-state index contributed by atoms with van der Waals surface area (Å²) in [4.78, 5) is 12.3. The molecule has 100 valence electrons. The number of carbonyl (C=O) groups excluding carboxylic acids is 1. The molecule has 0 amide bonds. The van der Waals surface area contributed by atoms with Gasteiger partial charge >= 0.3 is 0 Å². The molecule has 0 saturated heterocycles. The predicted molar refractivity (Wildman–Crippen MR) is 80.1 cm³/mol. The second kappa shape index (κ2) is 5.56. The number of benzene rings is 1. The molecule has 0 heterocycles. The lowest BCUT2D eigenvalue weighted by atomic mass is 10.0. The number of phenols is 1. The minimum atomic E-state index is -0.529. The Hall–Kier alpha value is -0.360. The van der Waals surface area contributed by atoms with Crippen molar-refractivity contribution in [3.8, 4) is 5.75 Å². The Kier molecular flexibility index (Phi) is 4.40. The zero-order valence-corrected chi connectivity index (χ0v) is 13.8. The zero-order chi connectivity index (χ0) is 14.3. The third kappa shape index (κ3) is 2.75. The van der Waals surface area contributed by atoms with Crippen LogP contribution in [0.1, 0.15) is 16.8 Å². The van der Waals surface area contributed by atoms with Crippen LogP contribution in [0, 0.1) is 0 Å². The highest BCUT2D eigenvalue weighted by Crippen LogP contribution is 2.43. The van der Waals surface area contributed by atoms with E-state index in [1.165, 1.54) is 12.1 Å². The lowest BCUT2D eigenvalue weighted by Crippen LogP contribution is -2.04. The summed E-state index contributed by atoms with van der Waals surface area (Å²) >= 11 is 17.7. The van der Waals surface area contributed by atoms with Gasteiger partial charge in [0.15, 0.2) is 5.78 Å². The summed E-state index contributed by atoms with van der Waals surface area (Å²) in [6, 6.07) is 2.62. The fourth-order valence-corrected chi connectivity index (χ4v) is 3.05. The summed E-state index contributed by atoms with van der Waals surface area (Å²) in [5.41, 5.74) is 0.137. The molecule has 0 aromatic heterocycles. The molecule has 2 rings (SSSR count). The number of phenolic OH excluding ortho intramolecular Hbond substituents is 1. The molecule has 1 aromatic carbocycles. The van der Waals surface area contributed by atoms with E-state index in [4.69, 9.17) is 23.2 Å². The summed E-state index contributed by atoms with van der Waals surface area (Å²) in [5.74, 6) is -1.35. The Morgan fingerprint density at radius 2 is 1.89 bits per heavy atom. The molecule has 0 bridgehead atoms. The van der Waals surface area contributed by atoms with Crippen LogP contribution in [0.3, 0.4) is 0 Å². The molecule has 0 atom stereocenters. The fraction of sp³-hybridized carbons (Fsp3) is 0.0833. The van der Waals surface area contributed by atoms with E-state index in [9.17, 15) is 14.3 Å². The highest BCUT2D eigenvalue weighted by molar-refractivity contribution is 9.15. The second-order valence-electron chi connectivity index (χ2n) is 3.80. The zero-order valence-electron chi connectivity index (χ0n) is 9.11. The first kappa shape index (κ1) is 15.0. The van der Waals surface area contributed by atoms with Crippen molar-refractivity contribution < 1.29 is 14.3 Å². The smallest absolute Gasteiger partial charge is 0.194 e. The van der Waals surface area contributed by atoms with Crippen LogP contribution >= 0.6 is 55.1 Å². The van der Waals surface area contributed by atoms with E-state index in [2.05, 4.69) is 31.9 Å². The molecule has 1 aliphatic carbocycles. The predicted octanol–water partition coefficient (Wildman–Crippen LogP) is 5.51. The quantitative estimate of drug-likeness (QED) is 0.628. The number of hydrogen-bond donors (Lipinski definition) is 1. The molecule has 0 radical (unpaired) electrons. The lowest BCUT2D eigenvalue weighted by molar-refractivity contribution is 0.102. The van der Waals surface area contributed by atoms with Crippen molar-refractivity contribution in [3.63, 3.8) is 0 Å². The number of carbonyl (C=O) groups is 1. The van der Waals surface area contributed by atoms with Crippen LogP contribution in [0.15, 0.2) is 32.5 Å². The van der Waals surface area contributed by atoms with Gasteiger partial charge < -0.3 is 5.11 Å². The third-order valence-electron chi connectivity index (χ3n) is 2.57. The molecule has 2 nitrogen and oxygen atoms in total. The van der Waals surface area contributed by atoms with Crippen molar-refractivity contribution in [1.29, 1.82) is 0 Å². The standard InChI is InChI=1S/C12H5Br2Cl2FO2/c13-9-5(3-8(17)10(9)14)11(18)6-1-4(15)2-7(16)12(6)19/h1-2,19H,3H2. The van der Waals surface area contributed by atoms with Crippen molar-refractivity contribution in [2.45, 2.75) is 6.42 Å². The van der Waals surface area contributed by atoms with Crippen LogP contribution in [0.25, 0.3) is 0 Å². The topological polar surface area (TPSA) is 37.3 Å². The van der Waals surface area contributed by atoms with Gasteiger partial charge in [0.25, 0.3) is 0 Å². The van der Waals surface area contributed by atoms with Crippen LogP contribution in [0.2, 0.25) is 10.0 Å².